The van der Waals surface area contributed by atoms with Crippen molar-refractivity contribution in [3.63, 3.8) is 0 Å². The molecule has 25 heavy (non-hydrogen) atoms. The van der Waals surface area contributed by atoms with Gasteiger partial charge in [0, 0.05) is 26.2 Å². The SMILES string of the molecule is COc1ccc2c(c1)N(C)C(=O)C21CCN(C(=O)OC(C)(C)C)CC1. The molecule has 0 aromatic heterocycles. The molecule has 0 N–H and O–H groups in total. The molecule has 1 aromatic carbocycles. The van der Waals surface area contributed by atoms with Crippen LogP contribution in [0.5, 0.6) is 5.75 Å². The summed E-state index contributed by atoms with van der Waals surface area (Å²) >= 11 is 0. The minimum Gasteiger partial charge on any atom is -0.497 e. The van der Waals surface area contributed by atoms with Gasteiger partial charge in [-0.15, -0.1) is 0 Å². The molecule has 0 radical (unpaired) electrons. The lowest BCUT2D eigenvalue weighted by atomic mass is 9.73. The summed E-state index contributed by atoms with van der Waals surface area (Å²) in [6, 6.07) is 5.79. The van der Waals surface area contributed by atoms with Gasteiger partial charge in [0.15, 0.2) is 0 Å². The van der Waals surface area contributed by atoms with Gasteiger partial charge in [-0.2, -0.15) is 0 Å². The molecule has 2 heterocycles. The zero-order chi connectivity index (χ0) is 18.4. The van der Waals surface area contributed by atoms with Crippen molar-refractivity contribution in [2.24, 2.45) is 0 Å². The van der Waals surface area contributed by atoms with E-state index in [1.807, 2.05) is 39.0 Å². The van der Waals surface area contributed by atoms with E-state index in [4.69, 9.17) is 9.47 Å². The second-order valence-corrected chi connectivity index (χ2v) is 7.80. The average molecular weight is 346 g/mol. The van der Waals surface area contributed by atoms with Crippen LogP contribution in [0.15, 0.2) is 18.2 Å². The van der Waals surface area contributed by atoms with Crippen molar-refractivity contribution in [2.45, 2.75) is 44.6 Å². The third-order valence-corrected chi connectivity index (χ3v) is 5.06. The lowest BCUT2D eigenvalue weighted by Crippen LogP contribution is -2.50. The van der Waals surface area contributed by atoms with Crippen LogP contribution in [-0.4, -0.2) is 49.7 Å². The van der Waals surface area contributed by atoms with Crippen molar-refractivity contribution in [1.29, 1.82) is 0 Å². The van der Waals surface area contributed by atoms with E-state index in [0.29, 0.717) is 25.9 Å². The number of rotatable bonds is 1. The first-order valence-electron chi connectivity index (χ1n) is 8.62. The van der Waals surface area contributed by atoms with Crippen LogP contribution in [0.25, 0.3) is 0 Å². The van der Waals surface area contributed by atoms with Crippen molar-refractivity contribution < 1.29 is 19.1 Å². The van der Waals surface area contributed by atoms with E-state index in [0.717, 1.165) is 17.0 Å². The van der Waals surface area contributed by atoms with Gasteiger partial charge in [0.05, 0.1) is 18.2 Å². The summed E-state index contributed by atoms with van der Waals surface area (Å²) in [7, 11) is 3.42. The van der Waals surface area contributed by atoms with Gasteiger partial charge in [-0.3, -0.25) is 4.79 Å². The van der Waals surface area contributed by atoms with Crippen LogP contribution < -0.4 is 9.64 Å². The Kier molecular flexibility index (Phi) is 4.17. The number of nitrogens with zero attached hydrogens (tertiary/aromatic N) is 2. The molecule has 0 saturated carbocycles. The molecule has 0 aliphatic carbocycles. The van der Waals surface area contributed by atoms with Crippen LogP contribution in [-0.2, 0) is 14.9 Å². The summed E-state index contributed by atoms with van der Waals surface area (Å²) in [5.74, 6) is 0.834. The van der Waals surface area contributed by atoms with Crippen LogP contribution in [0.2, 0.25) is 0 Å². The Balaban J connectivity index is 1.82. The highest BCUT2D eigenvalue weighted by Crippen LogP contribution is 2.48. The Morgan fingerprint density at radius 3 is 2.40 bits per heavy atom. The molecular formula is C19H26N2O4. The molecule has 1 aromatic rings. The lowest BCUT2D eigenvalue weighted by molar-refractivity contribution is -0.124. The molecule has 2 aliphatic rings. The number of hydrogen-bond donors (Lipinski definition) is 0. The number of carbonyl (C=O) groups excluding carboxylic acids is 2. The number of ether oxygens (including phenoxy) is 2. The molecule has 136 valence electrons. The zero-order valence-corrected chi connectivity index (χ0v) is 15.6. The molecule has 1 spiro atoms. The number of likely N-dealkylation sites (N-methyl/N-ethyl adjacent to an activating group) is 1. The Morgan fingerprint density at radius 1 is 1.20 bits per heavy atom. The Hall–Kier alpha value is -2.24. The van der Waals surface area contributed by atoms with Crippen molar-refractivity contribution in [1.82, 2.24) is 4.90 Å². The molecule has 0 bridgehead atoms. The van der Waals surface area contributed by atoms with Gasteiger partial charge in [0.1, 0.15) is 11.4 Å². The maximum atomic E-state index is 13.0. The fourth-order valence-corrected chi connectivity index (χ4v) is 3.75. The number of methoxy groups -OCH3 is 1. The van der Waals surface area contributed by atoms with E-state index in [1.54, 1.807) is 24.0 Å². The highest BCUT2D eigenvalue weighted by molar-refractivity contribution is 6.08. The second kappa shape index (κ2) is 5.93. The number of hydrogen-bond acceptors (Lipinski definition) is 4. The summed E-state index contributed by atoms with van der Waals surface area (Å²) in [4.78, 5) is 28.7. The first-order chi connectivity index (χ1) is 11.7. The van der Waals surface area contributed by atoms with E-state index in [-0.39, 0.29) is 12.0 Å². The molecule has 2 amide bonds. The average Bonchev–Trinajstić information content (AvgIpc) is 2.76. The van der Waals surface area contributed by atoms with Crippen molar-refractivity contribution >= 4 is 17.7 Å². The van der Waals surface area contributed by atoms with Crippen LogP contribution in [0.4, 0.5) is 10.5 Å². The molecule has 2 aliphatic heterocycles. The number of anilines is 1. The van der Waals surface area contributed by atoms with Crippen molar-refractivity contribution in [2.75, 3.05) is 32.1 Å². The summed E-state index contributed by atoms with van der Waals surface area (Å²) < 4.78 is 10.7. The predicted molar refractivity (Wildman–Crippen MR) is 95.1 cm³/mol. The first kappa shape index (κ1) is 17.6. The van der Waals surface area contributed by atoms with Gasteiger partial charge in [-0.25, -0.2) is 4.79 Å². The van der Waals surface area contributed by atoms with Crippen molar-refractivity contribution in [3.05, 3.63) is 23.8 Å². The van der Waals surface area contributed by atoms with E-state index in [9.17, 15) is 9.59 Å². The van der Waals surface area contributed by atoms with Crippen LogP contribution in [0, 0.1) is 0 Å². The normalized spacial score (nSPS) is 19.2. The fourth-order valence-electron chi connectivity index (χ4n) is 3.75. The van der Waals surface area contributed by atoms with Gasteiger partial charge in [0.2, 0.25) is 5.91 Å². The topological polar surface area (TPSA) is 59.1 Å². The number of amides is 2. The van der Waals surface area contributed by atoms with Crippen molar-refractivity contribution in [3.8, 4) is 5.75 Å². The highest BCUT2D eigenvalue weighted by atomic mass is 16.6. The molecule has 6 heteroatoms. The molecule has 6 nitrogen and oxygen atoms in total. The first-order valence-corrected chi connectivity index (χ1v) is 8.62. The minimum absolute atomic E-state index is 0.0968. The maximum absolute atomic E-state index is 13.0. The van der Waals surface area contributed by atoms with Gasteiger partial charge in [0.25, 0.3) is 0 Å². The summed E-state index contributed by atoms with van der Waals surface area (Å²) in [6.45, 7) is 6.60. The number of likely N-dealkylation sites (tertiary alicyclic amines) is 1. The largest absolute Gasteiger partial charge is 0.497 e. The van der Waals surface area contributed by atoms with Gasteiger partial charge in [-0.05, 0) is 45.2 Å². The van der Waals surface area contributed by atoms with Crippen LogP contribution in [0.1, 0.15) is 39.2 Å². The quantitative estimate of drug-likeness (QED) is 0.784. The molecule has 1 fully saturated rings. The standard InChI is InChI=1S/C19H26N2O4/c1-18(2,3)25-17(23)21-10-8-19(9-11-21)14-7-6-13(24-5)12-15(14)20(4)16(19)22/h6-7,12H,8-11H2,1-5H3. The number of carbonyl (C=O) groups is 2. The van der Waals surface area contributed by atoms with Gasteiger partial charge < -0.3 is 19.3 Å². The molecule has 0 atom stereocenters. The molecule has 3 rings (SSSR count). The Bertz CT molecular complexity index is 700. The van der Waals surface area contributed by atoms with Gasteiger partial charge >= 0.3 is 6.09 Å². The fraction of sp³-hybridized carbons (Fsp3) is 0.579. The Labute approximate surface area is 148 Å². The maximum Gasteiger partial charge on any atom is 0.410 e. The van der Waals surface area contributed by atoms with E-state index >= 15 is 0 Å². The minimum atomic E-state index is -0.547. The highest BCUT2D eigenvalue weighted by Gasteiger charge is 2.51. The summed E-state index contributed by atoms with van der Waals surface area (Å²) in [5.41, 5.74) is 0.868. The van der Waals surface area contributed by atoms with Crippen LogP contribution >= 0.6 is 0 Å². The number of fused-ring (bicyclic) bond motifs is 2. The molecule has 0 unspecified atom stereocenters. The smallest absolute Gasteiger partial charge is 0.410 e. The zero-order valence-electron chi connectivity index (χ0n) is 15.6. The Morgan fingerprint density at radius 2 is 1.84 bits per heavy atom. The second-order valence-electron chi connectivity index (χ2n) is 7.80. The molecular weight excluding hydrogens is 320 g/mol. The van der Waals surface area contributed by atoms with E-state index < -0.39 is 11.0 Å². The third-order valence-electron chi connectivity index (χ3n) is 5.06. The lowest BCUT2D eigenvalue weighted by Gasteiger charge is -2.38. The summed E-state index contributed by atoms with van der Waals surface area (Å²) in [6.07, 6.45) is 0.903. The van der Waals surface area contributed by atoms with E-state index in [2.05, 4.69) is 0 Å². The van der Waals surface area contributed by atoms with Gasteiger partial charge in [-0.1, -0.05) is 6.07 Å². The molecule has 1 saturated heterocycles. The predicted octanol–water partition coefficient (Wildman–Crippen LogP) is 2.94. The van der Waals surface area contributed by atoms with E-state index in [1.165, 1.54) is 0 Å². The third kappa shape index (κ3) is 2.94. The monoisotopic (exact) mass is 346 g/mol. The number of benzene rings is 1. The number of piperidine rings is 1. The summed E-state index contributed by atoms with van der Waals surface area (Å²) in [5, 5.41) is 0. The van der Waals surface area contributed by atoms with Crippen LogP contribution in [0.3, 0.4) is 0 Å².